The number of ether oxygens (including phenoxy) is 2. The van der Waals surface area contributed by atoms with Gasteiger partial charge in [0, 0.05) is 23.5 Å². The molecule has 0 aliphatic heterocycles. The fraction of sp³-hybridized carbons (Fsp3) is 0. The van der Waals surface area contributed by atoms with Crippen LogP contribution in [0.25, 0.3) is 11.1 Å². The standard InChI is InChI=1S/C24H20N2O2/c25-19-5-2-8-23(15-19)27-21-12-10-17(11-13-21)18-4-1-7-22(14-18)28-24-9-3-6-20(26)16-24/h1-16H,25-26H2. The van der Waals surface area contributed by atoms with Crippen molar-refractivity contribution in [2.45, 2.75) is 0 Å². The smallest absolute Gasteiger partial charge is 0.129 e. The Kier molecular flexibility index (Phi) is 4.85. The SMILES string of the molecule is Nc1cccc(Oc2ccc(-c3cccc(Oc4cccc(N)c4)c3)cc2)c1. The maximum Gasteiger partial charge on any atom is 0.129 e. The Hall–Kier alpha value is -3.92. The first kappa shape index (κ1) is 17.5. The Bertz CT molecular complexity index is 1090. The van der Waals surface area contributed by atoms with Crippen LogP contribution in [-0.4, -0.2) is 0 Å². The van der Waals surface area contributed by atoms with Crippen molar-refractivity contribution in [3.63, 3.8) is 0 Å². The van der Waals surface area contributed by atoms with Gasteiger partial charge in [0.2, 0.25) is 0 Å². The van der Waals surface area contributed by atoms with Gasteiger partial charge < -0.3 is 20.9 Å². The van der Waals surface area contributed by atoms with Gasteiger partial charge in [-0.25, -0.2) is 0 Å². The fourth-order valence-electron chi connectivity index (χ4n) is 2.88. The Morgan fingerprint density at radius 3 is 1.50 bits per heavy atom. The number of rotatable bonds is 5. The summed E-state index contributed by atoms with van der Waals surface area (Å²) in [7, 11) is 0. The van der Waals surface area contributed by atoms with Gasteiger partial charge in [-0.3, -0.25) is 0 Å². The van der Waals surface area contributed by atoms with Crippen LogP contribution in [-0.2, 0) is 0 Å². The Balaban J connectivity index is 1.51. The van der Waals surface area contributed by atoms with Gasteiger partial charge in [0.25, 0.3) is 0 Å². The summed E-state index contributed by atoms with van der Waals surface area (Å²) in [6.45, 7) is 0. The number of anilines is 2. The van der Waals surface area contributed by atoms with Gasteiger partial charge in [-0.05, 0) is 59.7 Å². The van der Waals surface area contributed by atoms with Crippen LogP contribution in [0.5, 0.6) is 23.0 Å². The average molecular weight is 368 g/mol. The molecule has 0 atom stereocenters. The van der Waals surface area contributed by atoms with Crippen LogP contribution in [0.3, 0.4) is 0 Å². The first-order chi connectivity index (χ1) is 13.7. The summed E-state index contributed by atoms with van der Waals surface area (Å²) in [5.74, 6) is 2.93. The van der Waals surface area contributed by atoms with E-state index in [0.717, 1.165) is 22.6 Å². The zero-order chi connectivity index (χ0) is 19.3. The molecular weight excluding hydrogens is 348 g/mol. The summed E-state index contributed by atoms with van der Waals surface area (Å²) in [5, 5.41) is 0. The lowest BCUT2D eigenvalue weighted by Crippen LogP contribution is -1.89. The van der Waals surface area contributed by atoms with Crippen molar-refractivity contribution in [2.75, 3.05) is 11.5 Å². The van der Waals surface area contributed by atoms with Gasteiger partial charge in [0.15, 0.2) is 0 Å². The Labute approximate surface area is 164 Å². The molecule has 4 nitrogen and oxygen atoms in total. The number of nitrogens with two attached hydrogens (primary N) is 2. The minimum atomic E-state index is 0.671. The highest BCUT2D eigenvalue weighted by molar-refractivity contribution is 5.66. The van der Waals surface area contributed by atoms with E-state index < -0.39 is 0 Å². The topological polar surface area (TPSA) is 70.5 Å². The van der Waals surface area contributed by atoms with Crippen LogP contribution in [0.4, 0.5) is 11.4 Å². The highest BCUT2D eigenvalue weighted by atomic mass is 16.5. The van der Waals surface area contributed by atoms with Crippen LogP contribution in [0.1, 0.15) is 0 Å². The maximum absolute atomic E-state index is 5.92. The van der Waals surface area contributed by atoms with E-state index in [1.807, 2.05) is 84.9 Å². The lowest BCUT2D eigenvalue weighted by molar-refractivity contribution is 0.483. The molecule has 0 radical (unpaired) electrons. The summed E-state index contributed by atoms with van der Waals surface area (Å²) in [6, 6.07) is 30.6. The molecule has 0 bridgehead atoms. The second-order valence-corrected chi connectivity index (χ2v) is 6.40. The number of nitrogen functional groups attached to an aromatic ring is 2. The first-order valence-corrected chi connectivity index (χ1v) is 8.93. The lowest BCUT2D eigenvalue weighted by Gasteiger charge is -2.10. The van der Waals surface area contributed by atoms with Crippen LogP contribution >= 0.6 is 0 Å². The zero-order valence-corrected chi connectivity index (χ0v) is 15.2. The van der Waals surface area contributed by atoms with E-state index in [4.69, 9.17) is 20.9 Å². The van der Waals surface area contributed by atoms with Crippen molar-refractivity contribution in [3.8, 4) is 34.1 Å². The first-order valence-electron chi connectivity index (χ1n) is 8.93. The van der Waals surface area contributed by atoms with E-state index in [0.29, 0.717) is 22.9 Å². The van der Waals surface area contributed by atoms with E-state index >= 15 is 0 Å². The van der Waals surface area contributed by atoms with Gasteiger partial charge in [-0.1, -0.05) is 36.4 Å². The predicted octanol–water partition coefficient (Wildman–Crippen LogP) is 6.10. The highest BCUT2D eigenvalue weighted by Crippen LogP contribution is 2.30. The van der Waals surface area contributed by atoms with Crippen molar-refractivity contribution in [1.82, 2.24) is 0 Å². The zero-order valence-electron chi connectivity index (χ0n) is 15.2. The van der Waals surface area contributed by atoms with Crippen molar-refractivity contribution in [3.05, 3.63) is 97.1 Å². The van der Waals surface area contributed by atoms with Gasteiger partial charge >= 0.3 is 0 Å². The van der Waals surface area contributed by atoms with Crippen molar-refractivity contribution in [2.24, 2.45) is 0 Å². The van der Waals surface area contributed by atoms with Crippen molar-refractivity contribution >= 4 is 11.4 Å². The molecule has 0 amide bonds. The third-order valence-corrected chi connectivity index (χ3v) is 4.21. The minimum Gasteiger partial charge on any atom is -0.457 e. The summed E-state index contributed by atoms with van der Waals surface area (Å²) < 4.78 is 11.8. The van der Waals surface area contributed by atoms with Gasteiger partial charge in [0.1, 0.15) is 23.0 Å². The molecular formula is C24H20N2O2. The van der Waals surface area contributed by atoms with Crippen LogP contribution in [0.2, 0.25) is 0 Å². The number of hydrogen-bond donors (Lipinski definition) is 2. The molecule has 4 heteroatoms. The summed E-state index contributed by atoms with van der Waals surface area (Å²) in [5.41, 5.74) is 15.1. The Morgan fingerprint density at radius 1 is 0.429 bits per heavy atom. The molecule has 0 fully saturated rings. The molecule has 0 aromatic heterocycles. The molecule has 0 aliphatic rings. The number of benzene rings is 4. The quantitative estimate of drug-likeness (QED) is 0.417. The molecule has 0 aliphatic carbocycles. The molecule has 138 valence electrons. The van der Waals surface area contributed by atoms with Gasteiger partial charge in [-0.2, -0.15) is 0 Å². The van der Waals surface area contributed by atoms with E-state index in [1.54, 1.807) is 12.1 Å². The minimum absolute atomic E-state index is 0.671. The van der Waals surface area contributed by atoms with Crippen LogP contribution in [0, 0.1) is 0 Å². The van der Waals surface area contributed by atoms with E-state index in [1.165, 1.54) is 0 Å². The second kappa shape index (κ2) is 7.76. The van der Waals surface area contributed by atoms with Gasteiger partial charge in [-0.15, -0.1) is 0 Å². The van der Waals surface area contributed by atoms with Gasteiger partial charge in [0.05, 0.1) is 0 Å². The predicted molar refractivity (Wildman–Crippen MR) is 114 cm³/mol. The Morgan fingerprint density at radius 2 is 0.929 bits per heavy atom. The molecule has 4 aromatic carbocycles. The van der Waals surface area contributed by atoms with E-state index in [9.17, 15) is 0 Å². The molecule has 0 saturated carbocycles. The summed E-state index contributed by atoms with van der Waals surface area (Å²) >= 11 is 0. The lowest BCUT2D eigenvalue weighted by atomic mass is 10.1. The van der Waals surface area contributed by atoms with E-state index in [-0.39, 0.29) is 0 Å². The fourth-order valence-corrected chi connectivity index (χ4v) is 2.88. The molecule has 0 spiro atoms. The molecule has 0 heterocycles. The molecule has 4 rings (SSSR count). The van der Waals surface area contributed by atoms with Crippen molar-refractivity contribution in [1.29, 1.82) is 0 Å². The van der Waals surface area contributed by atoms with E-state index in [2.05, 4.69) is 0 Å². The highest BCUT2D eigenvalue weighted by Gasteiger charge is 2.04. The number of hydrogen-bond acceptors (Lipinski definition) is 4. The average Bonchev–Trinajstić information content (AvgIpc) is 2.69. The second-order valence-electron chi connectivity index (χ2n) is 6.40. The molecule has 28 heavy (non-hydrogen) atoms. The third-order valence-electron chi connectivity index (χ3n) is 4.21. The monoisotopic (exact) mass is 368 g/mol. The molecule has 0 saturated heterocycles. The molecule has 4 aromatic rings. The summed E-state index contributed by atoms with van der Waals surface area (Å²) in [4.78, 5) is 0. The van der Waals surface area contributed by atoms with Crippen LogP contribution < -0.4 is 20.9 Å². The maximum atomic E-state index is 5.92. The molecule has 0 unspecified atom stereocenters. The largest absolute Gasteiger partial charge is 0.457 e. The molecule has 4 N–H and O–H groups in total. The van der Waals surface area contributed by atoms with Crippen LogP contribution in [0.15, 0.2) is 97.1 Å². The normalized spacial score (nSPS) is 10.4. The third kappa shape index (κ3) is 4.24. The van der Waals surface area contributed by atoms with Crippen molar-refractivity contribution < 1.29 is 9.47 Å². The summed E-state index contributed by atoms with van der Waals surface area (Å²) in [6.07, 6.45) is 0.